The molecule has 1 unspecified atom stereocenters. The molecule has 0 aromatic heterocycles. The van der Waals surface area contributed by atoms with Crippen molar-refractivity contribution in [2.24, 2.45) is 5.92 Å². The largest absolute Gasteiger partial charge is 0.368 e. The summed E-state index contributed by atoms with van der Waals surface area (Å²) >= 11 is 0. The van der Waals surface area contributed by atoms with Crippen molar-refractivity contribution in [3.8, 4) is 0 Å². The van der Waals surface area contributed by atoms with E-state index in [4.69, 9.17) is 4.74 Å². The molecule has 0 spiro atoms. The molecule has 0 bridgehead atoms. The molecule has 1 aliphatic carbocycles. The van der Waals surface area contributed by atoms with Crippen LogP contribution in [-0.2, 0) is 14.3 Å². The Bertz CT molecular complexity index is 299. The van der Waals surface area contributed by atoms with E-state index in [-0.39, 0.29) is 17.7 Å². The van der Waals surface area contributed by atoms with Crippen LogP contribution in [0.25, 0.3) is 0 Å². The van der Waals surface area contributed by atoms with Crippen molar-refractivity contribution in [2.75, 3.05) is 6.61 Å². The third-order valence-electron chi connectivity index (χ3n) is 3.09. The third kappa shape index (κ3) is 4.87. The highest BCUT2D eigenvalue weighted by Crippen LogP contribution is 2.24. The fraction of sp³-hybridized carbons (Fsp3) is 0.692. The number of rotatable bonds is 6. The predicted octanol–water partition coefficient (Wildman–Crippen LogP) is 1.31. The Labute approximate surface area is 108 Å². The van der Waals surface area contributed by atoms with E-state index < -0.39 is 6.10 Å². The van der Waals surface area contributed by atoms with Gasteiger partial charge in [-0.1, -0.05) is 18.9 Å². The van der Waals surface area contributed by atoms with Gasteiger partial charge in [-0.2, -0.15) is 0 Å². The molecule has 0 heterocycles. The number of carbonyl (C=O) groups excluding carboxylic acids is 2. The van der Waals surface area contributed by atoms with Crippen LogP contribution < -0.4 is 10.9 Å². The molecule has 1 rings (SSSR count). The lowest BCUT2D eigenvalue weighted by Gasteiger charge is -2.15. The fourth-order valence-corrected chi connectivity index (χ4v) is 1.92. The van der Waals surface area contributed by atoms with Gasteiger partial charge in [-0.15, -0.1) is 6.58 Å². The van der Waals surface area contributed by atoms with Crippen molar-refractivity contribution in [3.63, 3.8) is 0 Å². The molecule has 5 heteroatoms. The number of nitrogens with one attached hydrogen (secondary N) is 2. The number of hydrazine groups is 1. The average molecular weight is 254 g/mol. The minimum Gasteiger partial charge on any atom is -0.368 e. The van der Waals surface area contributed by atoms with Gasteiger partial charge in [-0.3, -0.25) is 20.4 Å². The molecule has 5 nitrogen and oxygen atoms in total. The summed E-state index contributed by atoms with van der Waals surface area (Å²) in [7, 11) is 0. The molecule has 0 saturated heterocycles. The standard InChI is InChI=1S/C13H22N2O3/c1-3-4-9-18-10(2)12(16)14-15-13(17)11-7-5-6-8-11/h3,10-11H,1,4-9H2,2H3,(H,14,16)(H,15,17). The molecule has 2 N–H and O–H groups in total. The van der Waals surface area contributed by atoms with Crippen LogP contribution >= 0.6 is 0 Å². The molecule has 0 radical (unpaired) electrons. The number of hydrogen-bond donors (Lipinski definition) is 2. The van der Waals surface area contributed by atoms with Crippen molar-refractivity contribution in [1.29, 1.82) is 0 Å². The van der Waals surface area contributed by atoms with E-state index in [2.05, 4.69) is 17.4 Å². The zero-order valence-corrected chi connectivity index (χ0v) is 10.9. The maximum Gasteiger partial charge on any atom is 0.267 e. The molecular formula is C13H22N2O3. The van der Waals surface area contributed by atoms with Crippen molar-refractivity contribution >= 4 is 11.8 Å². The summed E-state index contributed by atoms with van der Waals surface area (Å²) in [6.45, 7) is 5.67. The smallest absolute Gasteiger partial charge is 0.267 e. The summed E-state index contributed by atoms with van der Waals surface area (Å²) in [6.07, 6.45) is 5.85. The van der Waals surface area contributed by atoms with Gasteiger partial charge in [0.1, 0.15) is 6.10 Å². The third-order valence-corrected chi connectivity index (χ3v) is 3.09. The quantitative estimate of drug-likeness (QED) is 0.426. The highest BCUT2D eigenvalue weighted by Gasteiger charge is 2.23. The monoisotopic (exact) mass is 254 g/mol. The van der Waals surface area contributed by atoms with Crippen LogP contribution in [-0.4, -0.2) is 24.5 Å². The van der Waals surface area contributed by atoms with E-state index in [1.54, 1.807) is 13.0 Å². The predicted molar refractivity (Wildman–Crippen MR) is 68.5 cm³/mol. The van der Waals surface area contributed by atoms with Crippen molar-refractivity contribution < 1.29 is 14.3 Å². The minimum absolute atomic E-state index is 0.0438. The zero-order chi connectivity index (χ0) is 13.4. The summed E-state index contributed by atoms with van der Waals surface area (Å²) in [6, 6.07) is 0. The van der Waals surface area contributed by atoms with Gasteiger partial charge in [0.15, 0.2) is 0 Å². The number of hydrogen-bond acceptors (Lipinski definition) is 3. The SMILES string of the molecule is C=CCCOC(C)C(=O)NNC(=O)C1CCCC1. The minimum atomic E-state index is -0.575. The lowest BCUT2D eigenvalue weighted by Crippen LogP contribution is -2.48. The molecule has 1 atom stereocenters. The Balaban J connectivity index is 2.18. The molecule has 2 amide bonds. The van der Waals surface area contributed by atoms with E-state index in [1.165, 1.54) is 0 Å². The van der Waals surface area contributed by atoms with Crippen LogP contribution in [0.3, 0.4) is 0 Å². The Hall–Kier alpha value is -1.36. The topological polar surface area (TPSA) is 67.4 Å². The van der Waals surface area contributed by atoms with Crippen LogP contribution in [0.2, 0.25) is 0 Å². The fourth-order valence-electron chi connectivity index (χ4n) is 1.92. The molecule has 1 aliphatic rings. The van der Waals surface area contributed by atoms with Gasteiger partial charge in [0.25, 0.3) is 5.91 Å². The summed E-state index contributed by atoms with van der Waals surface area (Å²) in [5.41, 5.74) is 4.85. The molecular weight excluding hydrogens is 232 g/mol. The first-order valence-corrected chi connectivity index (χ1v) is 6.47. The van der Waals surface area contributed by atoms with Crippen LogP contribution in [0, 0.1) is 5.92 Å². The lowest BCUT2D eigenvalue weighted by molar-refractivity contribution is -0.137. The van der Waals surface area contributed by atoms with E-state index in [9.17, 15) is 9.59 Å². The molecule has 102 valence electrons. The zero-order valence-electron chi connectivity index (χ0n) is 10.9. The summed E-state index contributed by atoms with van der Waals surface area (Å²) < 4.78 is 5.27. The second-order valence-corrected chi connectivity index (χ2v) is 4.55. The van der Waals surface area contributed by atoms with Crippen LogP contribution in [0.15, 0.2) is 12.7 Å². The maximum atomic E-state index is 11.7. The second kappa shape index (κ2) is 7.87. The van der Waals surface area contributed by atoms with Gasteiger partial charge in [0.05, 0.1) is 6.61 Å². The summed E-state index contributed by atoms with van der Waals surface area (Å²) in [5, 5.41) is 0. The maximum absolute atomic E-state index is 11.7. The molecule has 1 fully saturated rings. The van der Waals surface area contributed by atoms with Crippen molar-refractivity contribution in [2.45, 2.75) is 45.1 Å². The highest BCUT2D eigenvalue weighted by molar-refractivity contribution is 5.85. The van der Waals surface area contributed by atoms with Crippen LogP contribution in [0.1, 0.15) is 39.0 Å². The number of amides is 2. The molecule has 0 aromatic carbocycles. The van der Waals surface area contributed by atoms with Gasteiger partial charge in [0.2, 0.25) is 5.91 Å². The normalized spacial score (nSPS) is 17.2. The van der Waals surface area contributed by atoms with Gasteiger partial charge in [-0.25, -0.2) is 0 Å². The van der Waals surface area contributed by atoms with Gasteiger partial charge < -0.3 is 4.74 Å². The van der Waals surface area contributed by atoms with E-state index >= 15 is 0 Å². The van der Waals surface area contributed by atoms with Gasteiger partial charge in [-0.05, 0) is 26.2 Å². The van der Waals surface area contributed by atoms with E-state index in [0.717, 1.165) is 25.7 Å². The van der Waals surface area contributed by atoms with E-state index in [0.29, 0.717) is 13.0 Å². The summed E-state index contributed by atoms with van der Waals surface area (Å²) in [4.78, 5) is 23.2. The lowest BCUT2D eigenvalue weighted by atomic mass is 10.1. The average Bonchev–Trinajstić information content (AvgIpc) is 2.89. The Kier molecular flexibility index (Phi) is 6.43. The van der Waals surface area contributed by atoms with Crippen molar-refractivity contribution in [1.82, 2.24) is 10.9 Å². The first kappa shape index (κ1) is 14.7. The van der Waals surface area contributed by atoms with Gasteiger partial charge >= 0.3 is 0 Å². The highest BCUT2D eigenvalue weighted by atomic mass is 16.5. The Morgan fingerprint density at radius 3 is 2.67 bits per heavy atom. The van der Waals surface area contributed by atoms with E-state index in [1.807, 2.05) is 0 Å². The number of ether oxygens (including phenoxy) is 1. The van der Waals surface area contributed by atoms with Gasteiger partial charge in [0, 0.05) is 5.92 Å². The molecule has 0 aromatic rings. The van der Waals surface area contributed by atoms with Crippen molar-refractivity contribution in [3.05, 3.63) is 12.7 Å². The first-order valence-electron chi connectivity index (χ1n) is 6.47. The molecule has 0 aliphatic heterocycles. The summed E-state index contributed by atoms with van der Waals surface area (Å²) in [5.74, 6) is -0.383. The second-order valence-electron chi connectivity index (χ2n) is 4.55. The Morgan fingerprint density at radius 2 is 2.06 bits per heavy atom. The number of carbonyl (C=O) groups is 2. The van der Waals surface area contributed by atoms with Crippen LogP contribution in [0.4, 0.5) is 0 Å². The molecule has 1 saturated carbocycles. The van der Waals surface area contributed by atoms with Crippen LogP contribution in [0.5, 0.6) is 0 Å². The Morgan fingerprint density at radius 1 is 1.39 bits per heavy atom. The first-order chi connectivity index (χ1) is 8.65. The molecule has 18 heavy (non-hydrogen) atoms.